The lowest BCUT2D eigenvalue weighted by molar-refractivity contribution is -0.142. The fraction of sp³-hybridized carbons (Fsp3) is 0.412. The van der Waals surface area contributed by atoms with Crippen LogP contribution in [0.3, 0.4) is 0 Å². The Hall–Kier alpha value is -2.34. The summed E-state index contributed by atoms with van der Waals surface area (Å²) in [6, 6.07) is 7.58. The van der Waals surface area contributed by atoms with Gasteiger partial charge in [0.05, 0.1) is 13.2 Å². The zero-order valence-electron chi connectivity index (χ0n) is 13.3. The van der Waals surface area contributed by atoms with Crippen LogP contribution in [0.5, 0.6) is 0 Å². The number of morpholine rings is 1. The van der Waals surface area contributed by atoms with E-state index in [9.17, 15) is 9.59 Å². The first-order chi connectivity index (χ1) is 11.2. The van der Waals surface area contributed by atoms with E-state index in [-0.39, 0.29) is 12.5 Å². The quantitative estimate of drug-likeness (QED) is 0.641. The topological polar surface area (TPSA) is 67.9 Å². The molecule has 1 saturated heterocycles. The van der Waals surface area contributed by atoms with E-state index in [2.05, 4.69) is 10.2 Å². The third-order valence-electron chi connectivity index (χ3n) is 3.36. The summed E-state index contributed by atoms with van der Waals surface area (Å²) in [6.45, 7) is 4.82. The predicted octanol–water partition coefficient (Wildman–Crippen LogP) is 1.97. The molecule has 0 atom stereocenters. The molecule has 1 aliphatic heterocycles. The van der Waals surface area contributed by atoms with Crippen LogP contribution in [0, 0.1) is 0 Å². The average molecular weight is 318 g/mol. The number of anilines is 2. The van der Waals surface area contributed by atoms with Gasteiger partial charge in [-0.25, -0.2) is 4.79 Å². The monoisotopic (exact) mass is 318 g/mol. The van der Waals surface area contributed by atoms with Gasteiger partial charge in [-0.15, -0.1) is 0 Å². The van der Waals surface area contributed by atoms with Crippen molar-refractivity contribution in [3.8, 4) is 0 Å². The molecule has 1 aliphatic rings. The van der Waals surface area contributed by atoms with Crippen molar-refractivity contribution in [2.75, 3.05) is 43.1 Å². The fourth-order valence-corrected chi connectivity index (χ4v) is 2.17. The summed E-state index contributed by atoms with van der Waals surface area (Å²) in [5.41, 5.74) is 1.77. The van der Waals surface area contributed by atoms with Crippen molar-refractivity contribution in [1.29, 1.82) is 0 Å². The Balaban J connectivity index is 1.79. The summed E-state index contributed by atoms with van der Waals surface area (Å²) < 4.78 is 10.2. The standard InChI is InChI=1S/C17H22N2O4/c1-2-3-4-17(21)23-13-16(20)18-14-5-7-15(8-6-14)19-9-11-22-12-10-19/h3-8H,2,9-13H2,1H3,(H,18,20)/b4-3+. The first-order valence-corrected chi connectivity index (χ1v) is 7.75. The highest BCUT2D eigenvalue weighted by molar-refractivity contribution is 5.93. The Labute approximate surface area is 136 Å². The van der Waals surface area contributed by atoms with Crippen molar-refractivity contribution in [2.24, 2.45) is 0 Å². The zero-order chi connectivity index (χ0) is 16.5. The van der Waals surface area contributed by atoms with Crippen LogP contribution in [-0.4, -0.2) is 44.8 Å². The normalized spacial score (nSPS) is 14.7. The molecule has 1 amide bonds. The number of allylic oxidation sites excluding steroid dienone is 1. The van der Waals surface area contributed by atoms with E-state index in [1.165, 1.54) is 6.08 Å². The highest BCUT2D eigenvalue weighted by Crippen LogP contribution is 2.18. The van der Waals surface area contributed by atoms with Crippen molar-refractivity contribution in [1.82, 2.24) is 0 Å². The average Bonchev–Trinajstić information content (AvgIpc) is 2.59. The summed E-state index contributed by atoms with van der Waals surface area (Å²) in [6.07, 6.45) is 3.76. The number of carbonyl (C=O) groups is 2. The van der Waals surface area contributed by atoms with Crippen molar-refractivity contribution >= 4 is 23.3 Å². The molecule has 1 heterocycles. The molecule has 0 unspecified atom stereocenters. The minimum absolute atomic E-state index is 0.294. The molecule has 1 aromatic carbocycles. The summed E-state index contributed by atoms with van der Waals surface area (Å²) in [7, 11) is 0. The van der Waals surface area contributed by atoms with Gasteiger partial charge < -0.3 is 19.7 Å². The lowest BCUT2D eigenvalue weighted by Crippen LogP contribution is -2.36. The van der Waals surface area contributed by atoms with Crippen LogP contribution in [0.4, 0.5) is 11.4 Å². The number of amides is 1. The lowest BCUT2D eigenvalue weighted by atomic mass is 10.2. The Kier molecular flexibility index (Phi) is 6.62. The largest absolute Gasteiger partial charge is 0.452 e. The third-order valence-corrected chi connectivity index (χ3v) is 3.36. The summed E-state index contributed by atoms with van der Waals surface area (Å²) >= 11 is 0. The maximum Gasteiger partial charge on any atom is 0.330 e. The number of hydrogen-bond acceptors (Lipinski definition) is 5. The first kappa shape index (κ1) is 17.0. The van der Waals surface area contributed by atoms with Crippen molar-refractivity contribution in [3.63, 3.8) is 0 Å². The molecule has 1 N–H and O–H groups in total. The molecular weight excluding hydrogens is 296 g/mol. The van der Waals surface area contributed by atoms with Crippen LogP contribution >= 0.6 is 0 Å². The molecular formula is C17H22N2O4. The number of nitrogens with one attached hydrogen (secondary N) is 1. The fourth-order valence-electron chi connectivity index (χ4n) is 2.17. The minimum Gasteiger partial charge on any atom is -0.452 e. The summed E-state index contributed by atoms with van der Waals surface area (Å²) in [4.78, 5) is 25.2. The molecule has 0 aromatic heterocycles. The minimum atomic E-state index is -0.510. The van der Waals surface area contributed by atoms with Crippen LogP contribution in [0.25, 0.3) is 0 Å². The van der Waals surface area contributed by atoms with Crippen LogP contribution in [0.2, 0.25) is 0 Å². The summed E-state index contributed by atoms with van der Waals surface area (Å²) in [5.74, 6) is -0.868. The van der Waals surface area contributed by atoms with Gasteiger partial charge in [-0.05, 0) is 30.7 Å². The molecule has 1 fully saturated rings. The highest BCUT2D eigenvalue weighted by atomic mass is 16.5. The molecule has 124 valence electrons. The summed E-state index contributed by atoms with van der Waals surface area (Å²) in [5, 5.41) is 2.70. The van der Waals surface area contributed by atoms with Gasteiger partial charge in [-0.1, -0.05) is 13.0 Å². The number of esters is 1. The molecule has 0 saturated carbocycles. The zero-order valence-corrected chi connectivity index (χ0v) is 13.3. The maximum atomic E-state index is 11.7. The van der Waals surface area contributed by atoms with E-state index in [0.29, 0.717) is 5.69 Å². The molecule has 2 rings (SSSR count). The molecule has 6 heteroatoms. The first-order valence-electron chi connectivity index (χ1n) is 7.75. The second kappa shape index (κ2) is 8.95. The van der Waals surface area contributed by atoms with Crippen LogP contribution in [0.15, 0.2) is 36.4 Å². The van der Waals surface area contributed by atoms with E-state index in [1.807, 2.05) is 31.2 Å². The van der Waals surface area contributed by atoms with Gasteiger partial charge in [-0.2, -0.15) is 0 Å². The van der Waals surface area contributed by atoms with Gasteiger partial charge in [-0.3, -0.25) is 4.79 Å². The Bertz CT molecular complexity index is 548. The molecule has 1 aromatic rings. The van der Waals surface area contributed by atoms with Gasteiger partial charge in [0.15, 0.2) is 6.61 Å². The predicted molar refractivity (Wildman–Crippen MR) is 88.5 cm³/mol. The van der Waals surface area contributed by atoms with Crippen LogP contribution in [0.1, 0.15) is 13.3 Å². The molecule has 0 spiro atoms. The van der Waals surface area contributed by atoms with E-state index >= 15 is 0 Å². The Morgan fingerprint density at radius 2 is 1.96 bits per heavy atom. The third kappa shape index (κ3) is 5.75. The van der Waals surface area contributed by atoms with Crippen molar-refractivity contribution in [2.45, 2.75) is 13.3 Å². The van der Waals surface area contributed by atoms with Crippen molar-refractivity contribution < 1.29 is 19.1 Å². The number of carbonyl (C=O) groups excluding carboxylic acids is 2. The van der Waals surface area contributed by atoms with E-state index < -0.39 is 5.97 Å². The molecule has 0 aliphatic carbocycles. The molecule has 23 heavy (non-hydrogen) atoms. The highest BCUT2D eigenvalue weighted by Gasteiger charge is 2.11. The van der Waals surface area contributed by atoms with Crippen LogP contribution in [-0.2, 0) is 19.1 Å². The van der Waals surface area contributed by atoms with Crippen LogP contribution < -0.4 is 10.2 Å². The Morgan fingerprint density at radius 3 is 2.61 bits per heavy atom. The second-order valence-electron chi connectivity index (χ2n) is 5.11. The second-order valence-corrected chi connectivity index (χ2v) is 5.11. The van der Waals surface area contributed by atoms with Gasteiger partial charge in [0.2, 0.25) is 0 Å². The molecule has 0 bridgehead atoms. The Morgan fingerprint density at radius 1 is 1.26 bits per heavy atom. The van der Waals surface area contributed by atoms with E-state index in [4.69, 9.17) is 9.47 Å². The van der Waals surface area contributed by atoms with Gasteiger partial charge >= 0.3 is 5.97 Å². The number of hydrogen-bond donors (Lipinski definition) is 1. The van der Waals surface area contributed by atoms with Gasteiger partial charge in [0, 0.05) is 30.5 Å². The van der Waals surface area contributed by atoms with Crippen molar-refractivity contribution in [3.05, 3.63) is 36.4 Å². The SMILES string of the molecule is CC/C=C/C(=O)OCC(=O)Nc1ccc(N2CCOCC2)cc1. The number of rotatable bonds is 6. The van der Waals surface area contributed by atoms with E-state index in [0.717, 1.165) is 38.4 Å². The molecule has 0 radical (unpaired) electrons. The number of ether oxygens (including phenoxy) is 2. The maximum absolute atomic E-state index is 11.7. The smallest absolute Gasteiger partial charge is 0.330 e. The number of benzene rings is 1. The van der Waals surface area contributed by atoms with Gasteiger partial charge in [0.25, 0.3) is 5.91 Å². The lowest BCUT2D eigenvalue weighted by Gasteiger charge is -2.28. The van der Waals surface area contributed by atoms with E-state index in [1.54, 1.807) is 6.08 Å². The number of nitrogens with zero attached hydrogens (tertiary/aromatic N) is 1. The van der Waals surface area contributed by atoms with Gasteiger partial charge in [0.1, 0.15) is 0 Å². The molecule has 6 nitrogen and oxygen atoms in total.